The Bertz CT molecular complexity index is 920. The van der Waals surface area contributed by atoms with Crippen molar-refractivity contribution in [2.75, 3.05) is 64.1 Å². The summed E-state index contributed by atoms with van der Waals surface area (Å²) >= 11 is 0. The predicted molar refractivity (Wildman–Crippen MR) is 110 cm³/mol. The average molecular weight is 428 g/mol. The molecule has 168 valence electrons. The molecule has 4 N–H and O–H groups in total. The zero-order valence-corrected chi connectivity index (χ0v) is 17.1. The van der Waals surface area contributed by atoms with Gasteiger partial charge in [-0.15, -0.1) is 0 Å². The Labute approximate surface area is 172 Å². The summed E-state index contributed by atoms with van der Waals surface area (Å²) in [5.41, 5.74) is -1.15. The summed E-state index contributed by atoms with van der Waals surface area (Å²) in [7, 11) is 0. The Kier molecular flexibility index (Phi) is 10.9. The predicted octanol–water partition coefficient (Wildman–Crippen LogP) is -2.98. The first kappa shape index (κ1) is 25.4. The van der Waals surface area contributed by atoms with E-state index in [4.69, 9.17) is 24.8 Å². The van der Waals surface area contributed by atoms with Crippen molar-refractivity contribution in [2.24, 2.45) is 0 Å². The molecule has 0 radical (unpaired) electrons. The van der Waals surface area contributed by atoms with Crippen LogP contribution >= 0.6 is 0 Å². The van der Waals surface area contributed by atoms with Crippen LogP contribution in [0.1, 0.15) is 12.5 Å². The van der Waals surface area contributed by atoms with Crippen LogP contribution in [0.15, 0.2) is 19.2 Å². The van der Waals surface area contributed by atoms with Gasteiger partial charge in [0.1, 0.15) is 12.3 Å². The lowest BCUT2D eigenvalue weighted by atomic mass is 10.1. The molecule has 2 aromatic rings. The Balaban J connectivity index is 0.000000238. The lowest BCUT2D eigenvalue weighted by molar-refractivity contribution is 0.266. The van der Waals surface area contributed by atoms with Crippen LogP contribution in [0.5, 0.6) is 11.5 Å². The van der Waals surface area contributed by atoms with E-state index >= 15 is 0 Å². The standard InChI is InChI=1S/C8H9NO4.C7H8O3.C4H11NO2/c10-3-1-9-2-4-13-8-5(9)6(11)7(8)12;1-3-10-7-4(2)5(8)6(7)9;6-3-1-5-2-4-7/h10H,1-4H2;3H2,1-2H3;5-7H,1-4H2. The third kappa shape index (κ3) is 6.20. The van der Waals surface area contributed by atoms with E-state index in [1.54, 1.807) is 18.7 Å². The highest BCUT2D eigenvalue weighted by Gasteiger charge is 2.30. The van der Waals surface area contributed by atoms with Crippen LogP contribution in [0.3, 0.4) is 0 Å². The second kappa shape index (κ2) is 12.9. The van der Waals surface area contributed by atoms with Gasteiger partial charge in [-0.1, -0.05) is 0 Å². The van der Waals surface area contributed by atoms with Gasteiger partial charge < -0.3 is 35.0 Å². The average Bonchev–Trinajstić information content (AvgIpc) is 2.77. The molecular formula is C19H28N2O9. The summed E-state index contributed by atoms with van der Waals surface area (Å²) in [6.45, 7) is 6.52. The fourth-order valence-electron chi connectivity index (χ4n) is 2.58. The maximum absolute atomic E-state index is 11.1. The number of nitrogens with one attached hydrogen (secondary N) is 1. The van der Waals surface area contributed by atoms with Crippen LogP contribution in [0.4, 0.5) is 5.69 Å². The minimum Gasteiger partial charge on any atom is -0.489 e. The number of fused-ring (bicyclic) bond motifs is 1. The normalized spacial score (nSPS) is 12.4. The topological polar surface area (TPSA) is 163 Å². The van der Waals surface area contributed by atoms with Crippen molar-refractivity contribution in [1.29, 1.82) is 0 Å². The molecule has 0 spiro atoms. The number of ether oxygens (including phenoxy) is 2. The maximum atomic E-state index is 11.1. The maximum Gasteiger partial charge on any atom is 0.272 e. The molecule has 3 rings (SSSR count). The van der Waals surface area contributed by atoms with Gasteiger partial charge in [0, 0.05) is 25.2 Å². The molecule has 0 saturated heterocycles. The molecule has 0 unspecified atom stereocenters. The number of aliphatic hydroxyl groups excluding tert-OH is 3. The van der Waals surface area contributed by atoms with E-state index in [-0.39, 0.29) is 31.3 Å². The minimum absolute atomic E-state index is 0.0295. The highest BCUT2D eigenvalue weighted by molar-refractivity contribution is 5.64. The Morgan fingerprint density at radius 1 is 0.967 bits per heavy atom. The molecule has 1 aliphatic heterocycles. The molecular weight excluding hydrogens is 400 g/mol. The van der Waals surface area contributed by atoms with Gasteiger partial charge in [0.2, 0.25) is 5.43 Å². The van der Waals surface area contributed by atoms with E-state index in [1.165, 1.54) is 0 Å². The molecule has 0 amide bonds. The monoisotopic (exact) mass is 428 g/mol. The van der Waals surface area contributed by atoms with Gasteiger partial charge in [0.05, 0.1) is 33.0 Å². The third-order valence-corrected chi connectivity index (χ3v) is 4.10. The second-order valence-corrected chi connectivity index (χ2v) is 6.14. The molecule has 1 heterocycles. The van der Waals surface area contributed by atoms with Crippen molar-refractivity contribution in [1.82, 2.24) is 5.32 Å². The summed E-state index contributed by atoms with van der Waals surface area (Å²) < 4.78 is 9.90. The molecule has 0 fully saturated rings. The quantitative estimate of drug-likeness (QED) is 0.251. The lowest BCUT2D eigenvalue weighted by Crippen LogP contribution is -2.47. The van der Waals surface area contributed by atoms with Gasteiger partial charge in [-0.3, -0.25) is 19.2 Å². The fourth-order valence-corrected chi connectivity index (χ4v) is 2.58. The summed E-state index contributed by atoms with van der Waals surface area (Å²) in [4.78, 5) is 44.9. The lowest BCUT2D eigenvalue weighted by Gasteiger charge is -2.30. The van der Waals surface area contributed by atoms with Gasteiger partial charge in [0.25, 0.3) is 16.3 Å². The Morgan fingerprint density at radius 2 is 1.60 bits per heavy atom. The molecule has 0 aliphatic carbocycles. The van der Waals surface area contributed by atoms with E-state index in [1.807, 2.05) is 0 Å². The highest BCUT2D eigenvalue weighted by atomic mass is 16.5. The smallest absolute Gasteiger partial charge is 0.272 e. The van der Waals surface area contributed by atoms with Gasteiger partial charge in [-0.25, -0.2) is 0 Å². The Hall–Kier alpha value is -2.60. The van der Waals surface area contributed by atoms with E-state index in [9.17, 15) is 19.2 Å². The number of hydrogen-bond acceptors (Lipinski definition) is 11. The van der Waals surface area contributed by atoms with Crippen LogP contribution in [0.25, 0.3) is 0 Å². The molecule has 11 nitrogen and oxygen atoms in total. The van der Waals surface area contributed by atoms with Gasteiger partial charge >= 0.3 is 0 Å². The summed E-state index contributed by atoms with van der Waals surface area (Å²) in [6, 6.07) is 0. The molecule has 2 aromatic carbocycles. The fraction of sp³-hybridized carbons (Fsp3) is 0.579. The molecule has 0 bridgehead atoms. The number of anilines is 1. The van der Waals surface area contributed by atoms with Crippen LogP contribution in [-0.2, 0) is 0 Å². The largest absolute Gasteiger partial charge is 0.489 e. The van der Waals surface area contributed by atoms with Crippen molar-refractivity contribution in [3.63, 3.8) is 0 Å². The molecule has 0 aromatic heterocycles. The van der Waals surface area contributed by atoms with Crippen molar-refractivity contribution >= 4 is 5.69 Å². The van der Waals surface area contributed by atoms with Crippen LogP contribution in [0.2, 0.25) is 0 Å². The van der Waals surface area contributed by atoms with Gasteiger partial charge in [-0.2, -0.15) is 0 Å². The number of aliphatic hydroxyl groups is 3. The second-order valence-electron chi connectivity index (χ2n) is 6.14. The van der Waals surface area contributed by atoms with E-state index in [0.717, 1.165) is 0 Å². The molecule has 1 aliphatic rings. The molecule has 11 heteroatoms. The first-order chi connectivity index (χ1) is 14.3. The van der Waals surface area contributed by atoms with Gasteiger partial charge in [-0.05, 0) is 13.8 Å². The first-order valence-corrected chi connectivity index (χ1v) is 9.52. The molecule has 30 heavy (non-hydrogen) atoms. The number of β-amino-alcohol motifs (C(OH)–C–C–N with tert-alkyl or cyclic N) is 1. The third-order valence-electron chi connectivity index (χ3n) is 4.10. The summed E-state index contributed by atoms with van der Waals surface area (Å²) in [5, 5.41) is 27.8. The van der Waals surface area contributed by atoms with Crippen LogP contribution < -0.4 is 41.4 Å². The van der Waals surface area contributed by atoms with E-state index in [0.29, 0.717) is 50.6 Å². The minimum atomic E-state index is -0.544. The SMILES string of the molecule is CCOc1c(C)c(=O)c1=O.O=c1c2c(c1=O)N(CCO)CCO2.OCCNCCO. The van der Waals surface area contributed by atoms with E-state index in [2.05, 4.69) is 5.32 Å². The number of rotatable bonds is 8. The molecule has 0 atom stereocenters. The van der Waals surface area contributed by atoms with E-state index < -0.39 is 21.7 Å². The van der Waals surface area contributed by atoms with Crippen LogP contribution in [-0.4, -0.2) is 74.5 Å². The summed E-state index contributed by atoms with van der Waals surface area (Å²) in [6.07, 6.45) is 0. The summed E-state index contributed by atoms with van der Waals surface area (Å²) in [5.74, 6) is 0.414. The van der Waals surface area contributed by atoms with Crippen molar-refractivity contribution in [3.05, 3.63) is 46.5 Å². The first-order valence-electron chi connectivity index (χ1n) is 9.52. The van der Waals surface area contributed by atoms with Crippen molar-refractivity contribution < 1.29 is 24.8 Å². The van der Waals surface area contributed by atoms with Crippen molar-refractivity contribution in [3.8, 4) is 11.5 Å². The van der Waals surface area contributed by atoms with Crippen molar-refractivity contribution in [2.45, 2.75) is 13.8 Å². The van der Waals surface area contributed by atoms with Gasteiger partial charge in [0.15, 0.2) is 11.5 Å². The highest BCUT2D eigenvalue weighted by Crippen LogP contribution is 2.25. The number of nitrogens with zero attached hydrogens (tertiary/aromatic N) is 1. The number of hydrogen-bond donors (Lipinski definition) is 4. The zero-order chi connectivity index (χ0) is 22.7. The zero-order valence-electron chi connectivity index (χ0n) is 17.1. The Morgan fingerprint density at radius 3 is 2.10 bits per heavy atom. The molecule has 0 saturated carbocycles. The van der Waals surface area contributed by atoms with Crippen LogP contribution in [0, 0.1) is 6.92 Å².